The summed E-state index contributed by atoms with van der Waals surface area (Å²) in [4.78, 5) is 34.2. The van der Waals surface area contributed by atoms with E-state index in [2.05, 4.69) is 22.0 Å². The molecule has 190 valence electrons. The Bertz CT molecular complexity index is 1150. The van der Waals surface area contributed by atoms with Crippen LogP contribution in [0, 0.1) is 17.8 Å². The molecule has 1 aromatic heterocycles. The van der Waals surface area contributed by atoms with Gasteiger partial charge in [-0.05, 0) is 100 Å². The van der Waals surface area contributed by atoms with E-state index in [1.54, 1.807) is 13.0 Å². The summed E-state index contributed by atoms with van der Waals surface area (Å²) >= 11 is 0. The first-order valence-corrected chi connectivity index (χ1v) is 13.4. The number of nitrogens with zero attached hydrogens (tertiary/aromatic N) is 3. The predicted octanol–water partition coefficient (Wildman–Crippen LogP) is 3.67. The predicted molar refractivity (Wildman–Crippen MR) is 139 cm³/mol. The van der Waals surface area contributed by atoms with Gasteiger partial charge in [0.15, 0.2) is 5.78 Å². The minimum absolute atomic E-state index is 0.0790. The number of nitrogens with one attached hydrogen (secondary N) is 1. The van der Waals surface area contributed by atoms with Crippen molar-refractivity contribution in [2.75, 3.05) is 29.4 Å². The lowest BCUT2D eigenvalue weighted by molar-refractivity contribution is -0.136. The molecule has 5 fully saturated rings. The molecule has 1 amide bonds. The Labute approximate surface area is 212 Å². The second-order valence-corrected chi connectivity index (χ2v) is 11.7. The fraction of sp³-hybridized carbons (Fsp3) is 0.552. The minimum Gasteiger partial charge on any atom is -0.390 e. The maximum atomic E-state index is 13.3. The third-order valence-corrected chi connectivity index (χ3v) is 9.07. The summed E-state index contributed by atoms with van der Waals surface area (Å²) in [5.74, 6) is 2.20. The van der Waals surface area contributed by atoms with E-state index in [0.29, 0.717) is 23.4 Å². The summed E-state index contributed by atoms with van der Waals surface area (Å²) in [5, 5.41) is 14.2. The van der Waals surface area contributed by atoms with Crippen LogP contribution in [0.1, 0.15) is 66.8 Å². The molecule has 4 aliphatic carbocycles. The number of hydrogen-bond donors (Lipinski definition) is 2. The summed E-state index contributed by atoms with van der Waals surface area (Å²) in [7, 11) is 0. The van der Waals surface area contributed by atoms with Crippen molar-refractivity contribution in [3.05, 3.63) is 53.7 Å². The molecular formula is C29H36N4O3. The normalized spacial score (nSPS) is 33.0. The van der Waals surface area contributed by atoms with Crippen molar-refractivity contribution in [1.29, 1.82) is 0 Å². The van der Waals surface area contributed by atoms with E-state index >= 15 is 0 Å². The monoisotopic (exact) mass is 488 g/mol. The molecule has 36 heavy (non-hydrogen) atoms. The van der Waals surface area contributed by atoms with Crippen LogP contribution in [0.3, 0.4) is 0 Å². The Morgan fingerprint density at radius 3 is 2.39 bits per heavy atom. The van der Waals surface area contributed by atoms with Gasteiger partial charge >= 0.3 is 0 Å². The fourth-order valence-electron chi connectivity index (χ4n) is 7.59. The minimum atomic E-state index is -0.496. The number of piperazine rings is 1. The van der Waals surface area contributed by atoms with Gasteiger partial charge in [0, 0.05) is 43.0 Å². The molecule has 1 aromatic carbocycles. The second-order valence-electron chi connectivity index (χ2n) is 11.7. The Hall–Kier alpha value is -2.93. The van der Waals surface area contributed by atoms with Crippen molar-refractivity contribution in [2.24, 2.45) is 17.8 Å². The SMILES string of the molecule is CC(=O)c1ccc(N2CCN(c3cccc(C(=O)NC4C5CC6CC4CC(O)(C6)C5)n3)C(C)C2)cc1. The molecule has 3 atom stereocenters. The molecule has 4 bridgehead atoms. The molecule has 7 nitrogen and oxygen atoms in total. The maximum Gasteiger partial charge on any atom is 0.270 e. The van der Waals surface area contributed by atoms with E-state index in [4.69, 9.17) is 4.98 Å². The van der Waals surface area contributed by atoms with Gasteiger partial charge in [0.1, 0.15) is 11.5 Å². The van der Waals surface area contributed by atoms with E-state index < -0.39 is 5.60 Å². The van der Waals surface area contributed by atoms with Gasteiger partial charge in [-0.15, -0.1) is 0 Å². The summed E-state index contributed by atoms with van der Waals surface area (Å²) in [6, 6.07) is 13.9. The molecule has 3 unspecified atom stereocenters. The first-order chi connectivity index (χ1) is 17.3. The standard InChI is InChI=1S/C29H36N4O3/c1-18-17-32(24-8-6-21(7-9-24)19(2)34)10-11-33(18)26-5-3-4-25(30-26)28(35)31-27-22-12-20-13-23(27)16-29(36,14-20)15-22/h3-9,18,20,22-23,27,36H,10-17H2,1-2H3,(H,31,35). The summed E-state index contributed by atoms with van der Waals surface area (Å²) in [6.07, 6.45) is 4.82. The third kappa shape index (κ3) is 4.27. The average Bonchev–Trinajstić information content (AvgIpc) is 2.85. The van der Waals surface area contributed by atoms with Crippen molar-refractivity contribution < 1.29 is 14.7 Å². The van der Waals surface area contributed by atoms with Gasteiger partial charge in [0.25, 0.3) is 5.91 Å². The number of amides is 1. The first-order valence-electron chi connectivity index (χ1n) is 13.4. The fourth-order valence-corrected chi connectivity index (χ4v) is 7.59. The van der Waals surface area contributed by atoms with E-state index in [1.165, 1.54) is 0 Å². The van der Waals surface area contributed by atoms with Crippen molar-refractivity contribution in [3.8, 4) is 0 Å². The largest absolute Gasteiger partial charge is 0.390 e. The summed E-state index contributed by atoms with van der Waals surface area (Å²) in [5.41, 5.74) is 1.82. The number of Topliss-reactive ketones (excluding diaryl/α,β-unsaturated/α-hetero) is 1. The van der Waals surface area contributed by atoms with Crippen molar-refractivity contribution in [1.82, 2.24) is 10.3 Å². The van der Waals surface area contributed by atoms with Gasteiger partial charge in [-0.25, -0.2) is 4.98 Å². The number of pyridine rings is 1. The summed E-state index contributed by atoms with van der Waals surface area (Å²) < 4.78 is 0. The van der Waals surface area contributed by atoms with Crippen LogP contribution in [0.4, 0.5) is 11.5 Å². The molecule has 7 rings (SSSR count). The number of carbonyl (C=O) groups excluding carboxylic acids is 2. The van der Waals surface area contributed by atoms with Gasteiger partial charge in [-0.3, -0.25) is 9.59 Å². The maximum absolute atomic E-state index is 13.3. The highest BCUT2D eigenvalue weighted by molar-refractivity contribution is 5.94. The number of anilines is 2. The zero-order chi connectivity index (χ0) is 25.0. The molecule has 7 heteroatoms. The third-order valence-electron chi connectivity index (χ3n) is 9.07. The number of aliphatic hydroxyl groups is 1. The lowest BCUT2D eigenvalue weighted by atomic mass is 9.52. The lowest BCUT2D eigenvalue weighted by Gasteiger charge is -2.58. The van der Waals surface area contributed by atoms with Crippen LogP contribution < -0.4 is 15.1 Å². The molecular weight excluding hydrogens is 452 g/mol. The van der Waals surface area contributed by atoms with Crippen molar-refractivity contribution >= 4 is 23.2 Å². The van der Waals surface area contributed by atoms with Crippen molar-refractivity contribution in [2.45, 2.75) is 63.6 Å². The molecule has 2 heterocycles. The quantitative estimate of drug-likeness (QED) is 0.625. The van der Waals surface area contributed by atoms with Gasteiger partial charge in [-0.2, -0.15) is 0 Å². The Kier molecular flexibility index (Phi) is 5.78. The van der Waals surface area contributed by atoms with Gasteiger partial charge < -0.3 is 20.2 Å². The van der Waals surface area contributed by atoms with Crippen LogP contribution in [-0.4, -0.2) is 59.1 Å². The molecule has 0 spiro atoms. The molecule has 5 aliphatic rings. The highest BCUT2D eigenvalue weighted by atomic mass is 16.3. The highest BCUT2D eigenvalue weighted by Gasteiger charge is 2.55. The van der Waals surface area contributed by atoms with Crippen LogP contribution >= 0.6 is 0 Å². The molecule has 0 radical (unpaired) electrons. The second kappa shape index (κ2) is 8.87. The molecule has 1 aliphatic heterocycles. The van der Waals surface area contributed by atoms with Gasteiger partial charge in [0.05, 0.1) is 5.60 Å². The smallest absolute Gasteiger partial charge is 0.270 e. The first kappa shape index (κ1) is 23.5. The van der Waals surface area contributed by atoms with Gasteiger partial charge in [0.2, 0.25) is 0 Å². The number of hydrogen-bond acceptors (Lipinski definition) is 6. The average molecular weight is 489 g/mol. The molecule has 4 saturated carbocycles. The van der Waals surface area contributed by atoms with E-state index in [0.717, 1.165) is 68.8 Å². The Balaban J connectivity index is 1.11. The molecule has 1 saturated heterocycles. The molecule has 2 aromatic rings. The number of carbonyl (C=O) groups is 2. The summed E-state index contributed by atoms with van der Waals surface area (Å²) in [6.45, 7) is 6.26. The van der Waals surface area contributed by atoms with Crippen molar-refractivity contribution in [3.63, 3.8) is 0 Å². The number of aromatic nitrogens is 1. The Morgan fingerprint density at radius 2 is 1.75 bits per heavy atom. The Morgan fingerprint density at radius 1 is 1.03 bits per heavy atom. The van der Waals surface area contributed by atoms with Crippen LogP contribution in [-0.2, 0) is 0 Å². The zero-order valence-corrected chi connectivity index (χ0v) is 21.2. The van der Waals surface area contributed by atoms with Crippen LogP contribution in [0.25, 0.3) is 0 Å². The van der Waals surface area contributed by atoms with Gasteiger partial charge in [-0.1, -0.05) is 6.07 Å². The number of benzene rings is 1. The zero-order valence-electron chi connectivity index (χ0n) is 21.2. The van der Waals surface area contributed by atoms with E-state index in [-0.39, 0.29) is 23.8 Å². The van der Waals surface area contributed by atoms with E-state index in [1.807, 2.05) is 36.4 Å². The lowest BCUT2D eigenvalue weighted by Crippen LogP contribution is -2.61. The molecule has 2 N–H and O–H groups in total. The van der Waals surface area contributed by atoms with E-state index in [9.17, 15) is 14.7 Å². The number of ketones is 1. The number of rotatable bonds is 5. The topological polar surface area (TPSA) is 85.8 Å². The van der Waals surface area contributed by atoms with Crippen LogP contribution in [0.2, 0.25) is 0 Å². The van der Waals surface area contributed by atoms with Crippen LogP contribution in [0.15, 0.2) is 42.5 Å². The highest BCUT2D eigenvalue weighted by Crippen LogP contribution is 2.55. The van der Waals surface area contributed by atoms with Crippen LogP contribution in [0.5, 0.6) is 0 Å².